The van der Waals surface area contributed by atoms with Crippen LogP contribution in [0.15, 0.2) is 24.3 Å². The molecule has 1 aliphatic heterocycles. The second-order valence-electron chi connectivity index (χ2n) is 5.72. The Labute approximate surface area is 150 Å². The van der Waals surface area contributed by atoms with Gasteiger partial charge in [-0.25, -0.2) is 0 Å². The van der Waals surface area contributed by atoms with Gasteiger partial charge in [0, 0.05) is 31.7 Å². The van der Waals surface area contributed by atoms with Gasteiger partial charge in [-0.3, -0.25) is 9.59 Å². The molecule has 0 bridgehead atoms. The number of rotatable bonds is 4. The standard InChI is InChI=1S/C17H20N4O3S/c1-3-14-15(25-19-18-14)17(23)21-9-7-20(8-10-21)16(22)12-5-4-6-13(11-12)24-2/h4-6,11H,3,7-10H2,1-2H3. The topological polar surface area (TPSA) is 75.6 Å². The number of hydrogen-bond donors (Lipinski definition) is 0. The van der Waals surface area contributed by atoms with E-state index in [1.54, 1.807) is 35.1 Å². The van der Waals surface area contributed by atoms with Crippen LogP contribution in [0.5, 0.6) is 5.75 Å². The summed E-state index contributed by atoms with van der Waals surface area (Å²) in [4.78, 5) is 29.4. The van der Waals surface area contributed by atoms with Gasteiger partial charge in [0.25, 0.3) is 11.8 Å². The molecule has 2 amide bonds. The number of carbonyl (C=O) groups is 2. The fourth-order valence-electron chi connectivity index (χ4n) is 2.80. The second kappa shape index (κ2) is 7.60. The van der Waals surface area contributed by atoms with Gasteiger partial charge in [-0.15, -0.1) is 5.10 Å². The summed E-state index contributed by atoms with van der Waals surface area (Å²) in [6, 6.07) is 7.12. The Bertz CT molecular complexity index is 769. The fraction of sp³-hybridized carbons (Fsp3) is 0.412. The van der Waals surface area contributed by atoms with Crippen LogP contribution in [0.3, 0.4) is 0 Å². The molecule has 2 aromatic rings. The molecule has 1 aromatic heterocycles. The van der Waals surface area contributed by atoms with Crippen molar-refractivity contribution in [2.75, 3.05) is 33.3 Å². The summed E-state index contributed by atoms with van der Waals surface area (Å²) in [5.41, 5.74) is 1.34. The summed E-state index contributed by atoms with van der Waals surface area (Å²) < 4.78 is 9.05. The van der Waals surface area contributed by atoms with Crippen LogP contribution in [-0.2, 0) is 6.42 Å². The zero-order valence-electron chi connectivity index (χ0n) is 14.3. The number of methoxy groups -OCH3 is 1. The van der Waals surface area contributed by atoms with Crippen LogP contribution in [0.4, 0.5) is 0 Å². The number of hydrogen-bond acceptors (Lipinski definition) is 6. The Morgan fingerprint density at radius 1 is 1.16 bits per heavy atom. The summed E-state index contributed by atoms with van der Waals surface area (Å²) in [6.07, 6.45) is 0.686. The molecular weight excluding hydrogens is 340 g/mol. The van der Waals surface area contributed by atoms with Crippen molar-refractivity contribution in [2.24, 2.45) is 0 Å². The highest BCUT2D eigenvalue weighted by molar-refractivity contribution is 7.08. The third-order valence-corrected chi connectivity index (χ3v) is 5.01. The van der Waals surface area contributed by atoms with Gasteiger partial charge < -0.3 is 14.5 Å². The Morgan fingerprint density at radius 2 is 1.84 bits per heavy atom. The van der Waals surface area contributed by atoms with Gasteiger partial charge in [0.05, 0.1) is 12.8 Å². The molecule has 7 nitrogen and oxygen atoms in total. The third-order valence-electron chi connectivity index (χ3n) is 4.26. The van der Waals surface area contributed by atoms with Crippen LogP contribution in [0.1, 0.15) is 32.6 Å². The molecule has 1 fully saturated rings. The van der Waals surface area contributed by atoms with Crippen LogP contribution in [0.25, 0.3) is 0 Å². The zero-order valence-corrected chi connectivity index (χ0v) is 15.1. The maximum Gasteiger partial charge on any atom is 0.267 e. The molecule has 8 heteroatoms. The summed E-state index contributed by atoms with van der Waals surface area (Å²) in [5.74, 6) is 0.574. The Balaban J connectivity index is 1.63. The number of aromatic nitrogens is 2. The van der Waals surface area contributed by atoms with Crippen molar-refractivity contribution < 1.29 is 14.3 Å². The van der Waals surface area contributed by atoms with E-state index in [2.05, 4.69) is 9.59 Å². The molecule has 0 atom stereocenters. The third kappa shape index (κ3) is 3.63. The largest absolute Gasteiger partial charge is 0.497 e. The smallest absolute Gasteiger partial charge is 0.267 e. The van der Waals surface area contributed by atoms with E-state index in [0.717, 1.165) is 17.2 Å². The van der Waals surface area contributed by atoms with E-state index >= 15 is 0 Å². The van der Waals surface area contributed by atoms with Gasteiger partial charge in [-0.05, 0) is 36.2 Å². The van der Waals surface area contributed by atoms with E-state index in [4.69, 9.17) is 4.74 Å². The Kier molecular flexibility index (Phi) is 5.28. The highest BCUT2D eigenvalue weighted by atomic mass is 32.1. The van der Waals surface area contributed by atoms with E-state index in [0.29, 0.717) is 48.8 Å². The number of benzene rings is 1. The number of aryl methyl sites for hydroxylation is 1. The molecule has 1 saturated heterocycles. The van der Waals surface area contributed by atoms with Crippen LogP contribution < -0.4 is 4.74 Å². The Morgan fingerprint density at radius 3 is 2.48 bits per heavy atom. The predicted molar refractivity (Wildman–Crippen MR) is 94.1 cm³/mol. The minimum Gasteiger partial charge on any atom is -0.497 e. The minimum atomic E-state index is -0.0419. The highest BCUT2D eigenvalue weighted by Gasteiger charge is 2.28. The van der Waals surface area contributed by atoms with Crippen molar-refractivity contribution in [1.82, 2.24) is 19.4 Å². The van der Waals surface area contributed by atoms with Crippen molar-refractivity contribution in [3.05, 3.63) is 40.4 Å². The normalized spacial score (nSPS) is 14.5. The first-order chi connectivity index (χ1) is 12.1. The molecule has 132 valence electrons. The lowest BCUT2D eigenvalue weighted by molar-refractivity contribution is 0.0537. The molecule has 0 saturated carbocycles. The van der Waals surface area contributed by atoms with E-state index in [-0.39, 0.29) is 11.8 Å². The first kappa shape index (κ1) is 17.3. The quantitative estimate of drug-likeness (QED) is 0.830. The number of ether oxygens (including phenoxy) is 1. The molecule has 0 radical (unpaired) electrons. The average molecular weight is 360 g/mol. The second-order valence-corrected chi connectivity index (χ2v) is 6.47. The average Bonchev–Trinajstić information content (AvgIpc) is 3.15. The van der Waals surface area contributed by atoms with Crippen molar-refractivity contribution in [3.63, 3.8) is 0 Å². The molecule has 0 N–H and O–H groups in total. The summed E-state index contributed by atoms with van der Waals surface area (Å²) in [7, 11) is 1.58. The van der Waals surface area contributed by atoms with E-state index in [1.165, 1.54) is 0 Å². The van der Waals surface area contributed by atoms with Gasteiger partial charge in [0.1, 0.15) is 10.6 Å². The molecule has 0 aliphatic carbocycles. The Hall–Kier alpha value is -2.48. The van der Waals surface area contributed by atoms with E-state index < -0.39 is 0 Å². The lowest BCUT2D eigenvalue weighted by Crippen LogP contribution is -2.50. The van der Waals surface area contributed by atoms with E-state index in [9.17, 15) is 9.59 Å². The molecule has 1 aliphatic rings. The summed E-state index contributed by atoms with van der Waals surface area (Å²) >= 11 is 1.14. The lowest BCUT2D eigenvalue weighted by atomic mass is 10.1. The first-order valence-corrected chi connectivity index (χ1v) is 8.95. The van der Waals surface area contributed by atoms with Crippen molar-refractivity contribution in [2.45, 2.75) is 13.3 Å². The number of piperazine rings is 1. The monoisotopic (exact) mass is 360 g/mol. The summed E-state index contributed by atoms with van der Waals surface area (Å²) in [6.45, 7) is 3.99. The van der Waals surface area contributed by atoms with Crippen LogP contribution in [0.2, 0.25) is 0 Å². The molecule has 2 heterocycles. The van der Waals surface area contributed by atoms with Gasteiger partial charge in [-0.2, -0.15) is 0 Å². The maximum atomic E-state index is 12.6. The number of amides is 2. The predicted octanol–water partition coefficient (Wildman–Crippen LogP) is 1.71. The van der Waals surface area contributed by atoms with Gasteiger partial charge in [-0.1, -0.05) is 17.5 Å². The molecule has 0 unspecified atom stereocenters. The maximum absolute atomic E-state index is 12.6. The van der Waals surface area contributed by atoms with Crippen molar-refractivity contribution in [1.29, 1.82) is 0 Å². The number of carbonyl (C=O) groups excluding carboxylic acids is 2. The first-order valence-electron chi connectivity index (χ1n) is 8.18. The zero-order chi connectivity index (χ0) is 17.8. The fourth-order valence-corrected chi connectivity index (χ4v) is 3.52. The molecule has 25 heavy (non-hydrogen) atoms. The highest BCUT2D eigenvalue weighted by Crippen LogP contribution is 2.18. The van der Waals surface area contributed by atoms with Gasteiger partial charge >= 0.3 is 0 Å². The van der Waals surface area contributed by atoms with Gasteiger partial charge in [0.2, 0.25) is 0 Å². The summed E-state index contributed by atoms with van der Waals surface area (Å²) in [5, 5.41) is 3.99. The lowest BCUT2D eigenvalue weighted by Gasteiger charge is -2.34. The minimum absolute atomic E-state index is 0.0414. The SMILES string of the molecule is CCc1nnsc1C(=O)N1CCN(C(=O)c2cccc(OC)c2)CC1. The number of nitrogens with zero attached hydrogens (tertiary/aromatic N) is 4. The van der Waals surface area contributed by atoms with Gasteiger partial charge in [0.15, 0.2) is 0 Å². The van der Waals surface area contributed by atoms with Crippen molar-refractivity contribution in [3.8, 4) is 5.75 Å². The van der Waals surface area contributed by atoms with Crippen LogP contribution in [0, 0.1) is 0 Å². The van der Waals surface area contributed by atoms with Crippen molar-refractivity contribution >= 4 is 23.3 Å². The van der Waals surface area contributed by atoms with Crippen LogP contribution >= 0.6 is 11.5 Å². The van der Waals surface area contributed by atoms with E-state index in [1.807, 2.05) is 13.0 Å². The molecule has 0 spiro atoms. The van der Waals surface area contributed by atoms with Crippen LogP contribution in [-0.4, -0.2) is 64.5 Å². The molecule has 1 aromatic carbocycles. The molecule has 3 rings (SSSR count). The molecular formula is C17H20N4O3S.